The van der Waals surface area contributed by atoms with Gasteiger partial charge in [0.1, 0.15) is 5.82 Å². The van der Waals surface area contributed by atoms with Crippen molar-refractivity contribution in [3.05, 3.63) is 21.2 Å². The summed E-state index contributed by atoms with van der Waals surface area (Å²) in [6, 6.07) is 2.71. The third kappa shape index (κ3) is 3.25. The molecule has 1 unspecified atom stereocenters. The van der Waals surface area contributed by atoms with Crippen LogP contribution in [0.4, 0.5) is 5.82 Å². The molecule has 0 aliphatic carbocycles. The van der Waals surface area contributed by atoms with Crippen LogP contribution >= 0.6 is 31.9 Å². The highest BCUT2D eigenvalue weighted by Gasteiger charge is 2.24. The molecule has 1 aliphatic rings. The Balaban J connectivity index is 2.05. The number of rotatable bonds is 4. The Morgan fingerprint density at radius 1 is 1.50 bits per heavy atom. The van der Waals surface area contributed by atoms with Gasteiger partial charge in [0.25, 0.3) is 0 Å². The summed E-state index contributed by atoms with van der Waals surface area (Å²) in [5.41, 5.74) is 0. The van der Waals surface area contributed by atoms with E-state index in [1.54, 1.807) is 0 Å². The van der Waals surface area contributed by atoms with Gasteiger partial charge in [-0.2, -0.15) is 0 Å². The van der Waals surface area contributed by atoms with Crippen LogP contribution in [-0.2, 0) is 0 Å². The SMILES string of the molecule is CCN1CCCC1CN(C)c1ncc(Br)cc1Br. The van der Waals surface area contributed by atoms with E-state index in [-0.39, 0.29) is 0 Å². The van der Waals surface area contributed by atoms with Crippen molar-refractivity contribution >= 4 is 37.7 Å². The zero-order valence-corrected chi connectivity index (χ0v) is 14.0. The molecule has 1 aromatic rings. The van der Waals surface area contributed by atoms with E-state index in [0.717, 1.165) is 27.9 Å². The van der Waals surface area contributed by atoms with Crippen molar-refractivity contribution in [1.82, 2.24) is 9.88 Å². The highest BCUT2D eigenvalue weighted by molar-refractivity contribution is 9.11. The van der Waals surface area contributed by atoms with Gasteiger partial charge in [-0.15, -0.1) is 0 Å². The Labute approximate surface area is 126 Å². The Bertz CT molecular complexity index is 411. The summed E-state index contributed by atoms with van der Waals surface area (Å²) >= 11 is 7.02. The molecule has 0 bridgehead atoms. The number of nitrogens with zero attached hydrogens (tertiary/aromatic N) is 3. The van der Waals surface area contributed by atoms with Gasteiger partial charge in [-0.25, -0.2) is 4.98 Å². The Morgan fingerprint density at radius 2 is 2.28 bits per heavy atom. The molecule has 1 aliphatic heterocycles. The van der Waals surface area contributed by atoms with E-state index in [4.69, 9.17) is 0 Å². The largest absolute Gasteiger partial charge is 0.357 e. The van der Waals surface area contributed by atoms with Gasteiger partial charge in [-0.05, 0) is 63.9 Å². The van der Waals surface area contributed by atoms with Crippen LogP contribution in [0.15, 0.2) is 21.2 Å². The van der Waals surface area contributed by atoms with E-state index < -0.39 is 0 Å². The Kier molecular flexibility index (Phi) is 5.04. The molecule has 0 spiro atoms. The predicted molar refractivity (Wildman–Crippen MR) is 83.2 cm³/mol. The number of halogens is 2. The molecule has 5 heteroatoms. The van der Waals surface area contributed by atoms with Gasteiger partial charge >= 0.3 is 0 Å². The summed E-state index contributed by atoms with van der Waals surface area (Å²) in [4.78, 5) is 9.29. The number of likely N-dealkylation sites (N-methyl/N-ethyl adjacent to an activating group) is 2. The fourth-order valence-electron chi connectivity index (χ4n) is 2.61. The van der Waals surface area contributed by atoms with Gasteiger partial charge in [-0.3, -0.25) is 4.90 Å². The van der Waals surface area contributed by atoms with Crippen LogP contribution in [0.2, 0.25) is 0 Å². The molecule has 1 aromatic heterocycles. The normalized spacial score (nSPS) is 20.3. The minimum Gasteiger partial charge on any atom is -0.357 e. The van der Waals surface area contributed by atoms with Crippen LogP contribution in [0.1, 0.15) is 19.8 Å². The van der Waals surface area contributed by atoms with Crippen LogP contribution in [0.5, 0.6) is 0 Å². The number of anilines is 1. The van der Waals surface area contributed by atoms with Crippen LogP contribution in [0.3, 0.4) is 0 Å². The molecule has 2 rings (SSSR count). The molecule has 3 nitrogen and oxygen atoms in total. The topological polar surface area (TPSA) is 19.4 Å². The van der Waals surface area contributed by atoms with Crippen molar-refractivity contribution in [2.75, 3.05) is 31.6 Å². The summed E-state index contributed by atoms with van der Waals surface area (Å²) in [5, 5.41) is 0. The Hall–Kier alpha value is -0.130. The lowest BCUT2D eigenvalue weighted by atomic mass is 10.2. The van der Waals surface area contributed by atoms with Crippen molar-refractivity contribution in [2.24, 2.45) is 0 Å². The van der Waals surface area contributed by atoms with Gasteiger partial charge in [0, 0.05) is 30.3 Å². The molecule has 0 saturated carbocycles. The molecule has 0 amide bonds. The quantitative estimate of drug-likeness (QED) is 0.801. The Morgan fingerprint density at radius 3 is 2.94 bits per heavy atom. The van der Waals surface area contributed by atoms with Gasteiger partial charge in [-0.1, -0.05) is 6.92 Å². The second kappa shape index (κ2) is 6.35. The number of likely N-dealkylation sites (tertiary alicyclic amines) is 1. The molecular weight excluding hydrogens is 358 g/mol. The van der Waals surface area contributed by atoms with Gasteiger partial charge < -0.3 is 4.90 Å². The van der Waals surface area contributed by atoms with Crippen LogP contribution < -0.4 is 4.90 Å². The monoisotopic (exact) mass is 375 g/mol. The first kappa shape index (κ1) is 14.3. The lowest BCUT2D eigenvalue weighted by molar-refractivity contribution is 0.270. The van der Waals surface area contributed by atoms with Crippen LogP contribution in [0.25, 0.3) is 0 Å². The second-order valence-corrected chi connectivity index (χ2v) is 6.53. The molecule has 1 fully saturated rings. The first-order valence-corrected chi connectivity index (χ1v) is 7.96. The van der Waals surface area contributed by atoms with Crippen molar-refractivity contribution in [2.45, 2.75) is 25.8 Å². The average Bonchev–Trinajstić information content (AvgIpc) is 2.76. The summed E-state index contributed by atoms with van der Waals surface area (Å²) in [6.45, 7) is 5.67. The van der Waals surface area contributed by atoms with Crippen LogP contribution in [-0.4, -0.2) is 42.6 Å². The zero-order chi connectivity index (χ0) is 13.1. The summed E-state index contributed by atoms with van der Waals surface area (Å²) in [7, 11) is 2.12. The minimum atomic E-state index is 0.664. The first-order valence-electron chi connectivity index (χ1n) is 6.38. The van der Waals surface area contributed by atoms with E-state index in [1.807, 2.05) is 12.3 Å². The number of aromatic nitrogens is 1. The van der Waals surface area contributed by atoms with Crippen LogP contribution in [0, 0.1) is 0 Å². The fraction of sp³-hybridized carbons (Fsp3) is 0.615. The molecule has 2 heterocycles. The number of pyridine rings is 1. The molecular formula is C13H19Br2N3. The van der Waals surface area contributed by atoms with Crippen molar-refractivity contribution in [3.63, 3.8) is 0 Å². The lowest BCUT2D eigenvalue weighted by Gasteiger charge is -2.28. The maximum absolute atomic E-state index is 4.48. The van der Waals surface area contributed by atoms with Gasteiger partial charge in [0.2, 0.25) is 0 Å². The standard InChI is InChI=1S/C13H19Br2N3/c1-3-18-6-4-5-11(18)9-17(2)13-12(15)7-10(14)8-16-13/h7-8,11H,3-6,9H2,1-2H3. The molecule has 1 saturated heterocycles. The molecule has 0 N–H and O–H groups in total. The molecule has 0 radical (unpaired) electrons. The second-order valence-electron chi connectivity index (χ2n) is 4.76. The summed E-state index contributed by atoms with van der Waals surface area (Å²) < 4.78 is 2.04. The summed E-state index contributed by atoms with van der Waals surface area (Å²) in [5.74, 6) is 1.01. The smallest absolute Gasteiger partial charge is 0.142 e. The predicted octanol–water partition coefficient (Wildman–Crippen LogP) is 3.53. The highest BCUT2D eigenvalue weighted by Crippen LogP contribution is 2.27. The van der Waals surface area contributed by atoms with E-state index >= 15 is 0 Å². The maximum Gasteiger partial charge on any atom is 0.142 e. The van der Waals surface area contributed by atoms with E-state index in [1.165, 1.54) is 19.4 Å². The van der Waals surface area contributed by atoms with Crippen molar-refractivity contribution < 1.29 is 0 Å². The number of hydrogen-bond donors (Lipinski definition) is 0. The lowest BCUT2D eigenvalue weighted by Crippen LogP contribution is -2.39. The number of hydrogen-bond acceptors (Lipinski definition) is 3. The van der Waals surface area contributed by atoms with Gasteiger partial charge in [0.05, 0.1) is 4.47 Å². The van der Waals surface area contributed by atoms with E-state index in [2.05, 4.69) is 60.6 Å². The summed E-state index contributed by atoms with van der Waals surface area (Å²) in [6.07, 6.45) is 4.47. The zero-order valence-electron chi connectivity index (χ0n) is 10.9. The third-order valence-corrected chi connectivity index (χ3v) is 4.56. The highest BCUT2D eigenvalue weighted by atomic mass is 79.9. The molecule has 0 aromatic carbocycles. The fourth-order valence-corrected chi connectivity index (χ4v) is 3.90. The van der Waals surface area contributed by atoms with E-state index in [9.17, 15) is 0 Å². The maximum atomic E-state index is 4.48. The van der Waals surface area contributed by atoms with E-state index in [0.29, 0.717) is 6.04 Å². The molecule has 18 heavy (non-hydrogen) atoms. The average molecular weight is 377 g/mol. The van der Waals surface area contributed by atoms with Gasteiger partial charge in [0.15, 0.2) is 0 Å². The first-order chi connectivity index (χ1) is 8.61. The molecule has 100 valence electrons. The third-order valence-electron chi connectivity index (χ3n) is 3.54. The van der Waals surface area contributed by atoms with Crippen molar-refractivity contribution in [1.29, 1.82) is 0 Å². The molecule has 1 atom stereocenters. The van der Waals surface area contributed by atoms with Crippen molar-refractivity contribution in [3.8, 4) is 0 Å². The minimum absolute atomic E-state index is 0.664.